The molecule has 0 aliphatic heterocycles. The molecule has 0 fully saturated rings. The molecule has 1 atom stereocenters. The molecule has 0 N–H and O–H groups in total. The molecule has 1 amide bonds. The fourth-order valence-corrected chi connectivity index (χ4v) is 3.80. The zero-order valence-corrected chi connectivity index (χ0v) is 15.3. The molecule has 1 heterocycles. The first-order valence-electron chi connectivity index (χ1n) is 7.98. The summed E-state index contributed by atoms with van der Waals surface area (Å²) in [6.07, 6.45) is 0. The molecule has 0 aliphatic rings. The van der Waals surface area contributed by atoms with Gasteiger partial charge in [-0.05, 0) is 46.8 Å². The van der Waals surface area contributed by atoms with Gasteiger partial charge in [0.05, 0.1) is 16.3 Å². The average Bonchev–Trinajstić information content (AvgIpc) is 2.84. The van der Waals surface area contributed by atoms with Crippen LogP contribution in [-0.4, -0.2) is 37.7 Å². The molecule has 0 saturated heterocycles. The second-order valence-electron chi connectivity index (χ2n) is 6.22. The van der Waals surface area contributed by atoms with Crippen LogP contribution in [0, 0.1) is 0 Å². The maximum Gasteiger partial charge on any atom is 0.321 e. The lowest BCUT2D eigenvalue weighted by Gasteiger charge is -2.32. The van der Waals surface area contributed by atoms with Crippen molar-refractivity contribution in [3.63, 3.8) is 0 Å². The van der Waals surface area contributed by atoms with Gasteiger partial charge in [-0.15, -0.1) is 0 Å². The summed E-state index contributed by atoms with van der Waals surface area (Å²) in [5.41, 5.74) is 0.878. The number of carbonyl (C=O) groups excluding carboxylic acids is 1. The van der Waals surface area contributed by atoms with Crippen LogP contribution in [0.15, 0.2) is 29.4 Å². The lowest BCUT2D eigenvalue weighted by Crippen LogP contribution is -2.45. The highest BCUT2D eigenvalue weighted by molar-refractivity contribution is 8.00. The van der Waals surface area contributed by atoms with Gasteiger partial charge in [0, 0.05) is 12.1 Å². The van der Waals surface area contributed by atoms with Crippen molar-refractivity contribution >= 4 is 28.7 Å². The van der Waals surface area contributed by atoms with Gasteiger partial charge >= 0.3 is 6.55 Å². The van der Waals surface area contributed by atoms with Crippen LogP contribution in [0.1, 0.15) is 41.2 Å². The Kier molecular flexibility index (Phi) is 5.85. The molecular weight excluding hydrogens is 332 g/mol. The van der Waals surface area contributed by atoms with Crippen molar-refractivity contribution in [3.05, 3.63) is 24.3 Å². The summed E-state index contributed by atoms with van der Waals surface area (Å²) in [5, 5.41) is -0.330. The molecule has 0 bridgehead atoms. The largest absolute Gasteiger partial charge is 0.337 e. The summed E-state index contributed by atoms with van der Waals surface area (Å²) in [6, 6.07) is 6.86. The summed E-state index contributed by atoms with van der Waals surface area (Å²) in [4.78, 5) is 18.8. The zero-order chi connectivity index (χ0) is 18.0. The summed E-state index contributed by atoms with van der Waals surface area (Å²) < 4.78 is 27.8. The van der Waals surface area contributed by atoms with Crippen molar-refractivity contribution in [2.75, 3.05) is 0 Å². The molecule has 7 heteroatoms. The number of alkyl halides is 2. The topological polar surface area (TPSA) is 38.1 Å². The Morgan fingerprint density at radius 2 is 1.71 bits per heavy atom. The van der Waals surface area contributed by atoms with Gasteiger partial charge in [-0.2, -0.15) is 8.78 Å². The Morgan fingerprint density at radius 1 is 1.12 bits per heavy atom. The maximum absolute atomic E-state index is 13.5. The quantitative estimate of drug-likeness (QED) is 0.713. The molecule has 0 aliphatic carbocycles. The van der Waals surface area contributed by atoms with Crippen LogP contribution >= 0.6 is 11.8 Å². The van der Waals surface area contributed by atoms with Gasteiger partial charge in [-0.25, -0.2) is 4.98 Å². The Labute approximate surface area is 145 Å². The van der Waals surface area contributed by atoms with Crippen LogP contribution in [0.2, 0.25) is 0 Å². The number of fused-ring (bicyclic) bond motifs is 1. The third-order valence-electron chi connectivity index (χ3n) is 3.76. The van der Waals surface area contributed by atoms with E-state index in [0.717, 1.165) is 16.3 Å². The van der Waals surface area contributed by atoms with E-state index in [4.69, 9.17) is 0 Å². The van der Waals surface area contributed by atoms with E-state index in [1.165, 1.54) is 0 Å². The minimum absolute atomic E-state index is 0.0504. The molecule has 1 aromatic carbocycles. The number of imidazole rings is 1. The van der Waals surface area contributed by atoms with E-state index in [1.807, 2.05) is 27.7 Å². The zero-order valence-electron chi connectivity index (χ0n) is 14.5. The van der Waals surface area contributed by atoms with E-state index in [2.05, 4.69) is 4.98 Å². The number of halogens is 2. The Bertz CT molecular complexity index is 707. The van der Waals surface area contributed by atoms with E-state index < -0.39 is 11.8 Å². The van der Waals surface area contributed by atoms with Crippen molar-refractivity contribution in [3.8, 4) is 0 Å². The van der Waals surface area contributed by atoms with Gasteiger partial charge in [0.25, 0.3) is 0 Å². The maximum atomic E-state index is 13.5. The Hall–Kier alpha value is -1.63. The van der Waals surface area contributed by atoms with Gasteiger partial charge in [-0.3, -0.25) is 9.36 Å². The lowest BCUT2D eigenvalue weighted by atomic mass is 10.2. The lowest BCUT2D eigenvalue weighted by molar-refractivity contribution is -0.133. The average molecular weight is 355 g/mol. The highest BCUT2D eigenvalue weighted by Crippen LogP contribution is 2.32. The highest BCUT2D eigenvalue weighted by atomic mass is 32.2. The summed E-state index contributed by atoms with van der Waals surface area (Å²) in [6.45, 7) is 6.83. The highest BCUT2D eigenvalue weighted by Gasteiger charge is 2.28. The normalized spacial score (nSPS) is 13.2. The van der Waals surface area contributed by atoms with Crippen molar-refractivity contribution in [1.82, 2.24) is 14.5 Å². The minimum atomic E-state index is -2.70. The van der Waals surface area contributed by atoms with Gasteiger partial charge < -0.3 is 4.90 Å². The number of benzene rings is 1. The molecule has 0 radical (unpaired) electrons. The predicted molar refractivity (Wildman–Crippen MR) is 93.4 cm³/mol. The molecule has 1 aromatic heterocycles. The SMILES string of the molecule is CC(Sc1nc2ccccc2n1C(F)F)C(=O)N(C(C)C)C(C)C. The van der Waals surface area contributed by atoms with Crippen LogP contribution in [0.4, 0.5) is 8.78 Å². The number of hydrogen-bond donors (Lipinski definition) is 0. The van der Waals surface area contributed by atoms with E-state index in [9.17, 15) is 13.6 Å². The fourth-order valence-electron chi connectivity index (χ4n) is 2.82. The molecular formula is C17H23F2N3OS. The first-order valence-corrected chi connectivity index (χ1v) is 8.86. The van der Waals surface area contributed by atoms with Gasteiger partial charge in [0.2, 0.25) is 5.91 Å². The van der Waals surface area contributed by atoms with E-state index >= 15 is 0 Å². The van der Waals surface area contributed by atoms with Crippen molar-refractivity contribution in [2.24, 2.45) is 0 Å². The number of para-hydroxylation sites is 2. The first-order chi connectivity index (χ1) is 11.2. The third-order valence-corrected chi connectivity index (χ3v) is 4.81. The van der Waals surface area contributed by atoms with Gasteiger partial charge in [-0.1, -0.05) is 23.9 Å². The fraction of sp³-hybridized carbons (Fsp3) is 0.529. The Balaban J connectivity index is 2.32. The van der Waals surface area contributed by atoms with E-state index in [1.54, 1.807) is 36.1 Å². The number of carbonyl (C=O) groups is 1. The smallest absolute Gasteiger partial charge is 0.321 e. The number of thioether (sulfide) groups is 1. The first kappa shape index (κ1) is 18.7. The van der Waals surface area contributed by atoms with Crippen LogP contribution in [0.5, 0.6) is 0 Å². The minimum Gasteiger partial charge on any atom is -0.337 e. The molecule has 0 saturated carbocycles. The molecule has 2 aromatic rings. The van der Waals surface area contributed by atoms with E-state index in [-0.39, 0.29) is 23.1 Å². The van der Waals surface area contributed by atoms with Crippen molar-refractivity contribution in [2.45, 2.75) is 63.7 Å². The molecule has 24 heavy (non-hydrogen) atoms. The van der Waals surface area contributed by atoms with Crippen LogP contribution in [0.25, 0.3) is 11.0 Å². The van der Waals surface area contributed by atoms with Crippen LogP contribution in [-0.2, 0) is 4.79 Å². The number of nitrogens with zero attached hydrogens (tertiary/aromatic N) is 3. The number of rotatable bonds is 6. The summed E-state index contributed by atoms with van der Waals surface area (Å²) in [5.74, 6) is -0.0714. The summed E-state index contributed by atoms with van der Waals surface area (Å²) >= 11 is 1.08. The van der Waals surface area contributed by atoms with Gasteiger partial charge in [0.1, 0.15) is 0 Å². The number of aromatic nitrogens is 2. The van der Waals surface area contributed by atoms with E-state index in [0.29, 0.717) is 11.0 Å². The number of amides is 1. The summed E-state index contributed by atoms with van der Waals surface area (Å²) in [7, 11) is 0. The molecule has 0 spiro atoms. The van der Waals surface area contributed by atoms with Crippen molar-refractivity contribution < 1.29 is 13.6 Å². The number of hydrogen-bond acceptors (Lipinski definition) is 3. The standard InChI is InChI=1S/C17H23F2N3OS/c1-10(2)21(11(3)4)15(23)12(5)24-17-20-13-8-6-7-9-14(13)22(17)16(18)19/h6-12,16H,1-5H3. The second kappa shape index (κ2) is 7.51. The second-order valence-corrected chi connectivity index (χ2v) is 7.53. The molecule has 1 unspecified atom stereocenters. The predicted octanol–water partition coefficient (Wildman–Crippen LogP) is 4.56. The van der Waals surface area contributed by atoms with Crippen LogP contribution in [0.3, 0.4) is 0 Å². The third kappa shape index (κ3) is 3.71. The molecule has 2 rings (SSSR count). The monoisotopic (exact) mass is 355 g/mol. The molecule has 4 nitrogen and oxygen atoms in total. The van der Waals surface area contributed by atoms with Crippen LogP contribution < -0.4 is 0 Å². The molecule has 132 valence electrons. The van der Waals surface area contributed by atoms with Crippen molar-refractivity contribution in [1.29, 1.82) is 0 Å². The Morgan fingerprint density at radius 3 is 2.25 bits per heavy atom. The van der Waals surface area contributed by atoms with Gasteiger partial charge in [0.15, 0.2) is 5.16 Å².